The summed E-state index contributed by atoms with van der Waals surface area (Å²) in [5.74, 6) is 2.24. The molecule has 6 nitrogen and oxygen atoms in total. The maximum absolute atomic E-state index is 11.5. The molecule has 1 aromatic carbocycles. The molecule has 0 radical (unpaired) electrons. The molecule has 2 aromatic rings. The topological polar surface area (TPSA) is 73.4 Å². The minimum absolute atomic E-state index is 0.180. The van der Waals surface area contributed by atoms with Crippen molar-refractivity contribution in [1.29, 1.82) is 0 Å². The summed E-state index contributed by atoms with van der Waals surface area (Å²) >= 11 is 1.43. The second-order valence-corrected chi connectivity index (χ2v) is 5.43. The van der Waals surface area contributed by atoms with Crippen LogP contribution in [0.3, 0.4) is 0 Å². The van der Waals surface area contributed by atoms with Crippen LogP contribution in [0.2, 0.25) is 0 Å². The number of rotatable bonds is 8. The van der Waals surface area contributed by atoms with Crippen LogP contribution < -0.4 is 15.0 Å². The average Bonchev–Trinajstić information content (AvgIpc) is 2.52. The molecule has 0 saturated heterocycles. The lowest BCUT2D eigenvalue weighted by Crippen LogP contribution is -2.11. The number of aromatic nitrogens is 2. The highest BCUT2D eigenvalue weighted by Crippen LogP contribution is 2.18. The van der Waals surface area contributed by atoms with Crippen LogP contribution in [0, 0.1) is 0 Å². The summed E-state index contributed by atoms with van der Waals surface area (Å²) in [5, 5.41) is 0.567. The molecule has 0 aliphatic carbocycles. The van der Waals surface area contributed by atoms with Gasteiger partial charge >= 0.3 is 0 Å². The largest absolute Gasteiger partial charge is 0.497 e. The van der Waals surface area contributed by atoms with E-state index in [4.69, 9.17) is 14.2 Å². The van der Waals surface area contributed by atoms with E-state index in [0.29, 0.717) is 29.8 Å². The molecule has 0 bridgehead atoms. The van der Waals surface area contributed by atoms with Crippen LogP contribution in [0.25, 0.3) is 0 Å². The molecule has 0 fully saturated rings. The summed E-state index contributed by atoms with van der Waals surface area (Å²) in [6.45, 7) is 0.828. The average molecular weight is 322 g/mol. The first-order valence-corrected chi connectivity index (χ1v) is 7.68. The van der Waals surface area contributed by atoms with Gasteiger partial charge in [-0.25, -0.2) is 4.98 Å². The predicted molar refractivity (Wildman–Crippen MR) is 84.8 cm³/mol. The number of nitrogens with one attached hydrogen (secondary N) is 1. The maximum Gasteiger partial charge on any atom is 0.251 e. The van der Waals surface area contributed by atoms with Crippen molar-refractivity contribution in [3.8, 4) is 11.5 Å². The number of hydrogen-bond donors (Lipinski definition) is 1. The van der Waals surface area contributed by atoms with Crippen molar-refractivity contribution < 1.29 is 14.2 Å². The number of thioether (sulfide) groups is 1. The van der Waals surface area contributed by atoms with E-state index in [1.54, 1.807) is 14.2 Å². The lowest BCUT2D eigenvalue weighted by atomic mass is 10.3. The van der Waals surface area contributed by atoms with Gasteiger partial charge in [0.25, 0.3) is 5.56 Å². The van der Waals surface area contributed by atoms with E-state index in [9.17, 15) is 4.79 Å². The molecule has 0 spiro atoms. The summed E-state index contributed by atoms with van der Waals surface area (Å²) in [6, 6.07) is 8.82. The van der Waals surface area contributed by atoms with Gasteiger partial charge in [-0.3, -0.25) is 4.79 Å². The second-order valence-electron chi connectivity index (χ2n) is 4.35. The van der Waals surface area contributed by atoms with Crippen molar-refractivity contribution in [2.75, 3.05) is 26.6 Å². The van der Waals surface area contributed by atoms with Gasteiger partial charge in [-0.2, -0.15) is 0 Å². The molecule has 22 heavy (non-hydrogen) atoms. The molecule has 0 unspecified atom stereocenters. The first-order valence-electron chi connectivity index (χ1n) is 6.70. The Bertz CT molecular complexity index is 643. The Morgan fingerprint density at radius 3 is 2.59 bits per heavy atom. The number of H-pyrrole nitrogens is 1. The number of aromatic amines is 1. The van der Waals surface area contributed by atoms with E-state index >= 15 is 0 Å². The fraction of sp³-hybridized carbons (Fsp3) is 0.333. The molecule has 0 atom stereocenters. The van der Waals surface area contributed by atoms with Crippen LogP contribution in [0.15, 0.2) is 40.3 Å². The lowest BCUT2D eigenvalue weighted by Gasteiger charge is -2.07. The molecule has 7 heteroatoms. The monoisotopic (exact) mass is 322 g/mol. The van der Waals surface area contributed by atoms with Gasteiger partial charge in [-0.1, -0.05) is 11.8 Å². The van der Waals surface area contributed by atoms with Crippen molar-refractivity contribution >= 4 is 11.8 Å². The Hall–Kier alpha value is -1.99. The third-order valence-electron chi connectivity index (χ3n) is 2.72. The van der Waals surface area contributed by atoms with E-state index < -0.39 is 0 Å². The highest BCUT2D eigenvalue weighted by Gasteiger charge is 2.02. The summed E-state index contributed by atoms with van der Waals surface area (Å²) in [6.07, 6.45) is 0. The Balaban J connectivity index is 1.81. The Kier molecular flexibility index (Phi) is 6.29. The first-order chi connectivity index (χ1) is 10.7. The van der Waals surface area contributed by atoms with Gasteiger partial charge in [0.1, 0.15) is 11.5 Å². The predicted octanol–water partition coefficient (Wildman–Crippen LogP) is 2.10. The van der Waals surface area contributed by atoms with Crippen molar-refractivity contribution in [2.45, 2.75) is 11.8 Å². The molecule has 1 heterocycles. The molecule has 118 valence electrons. The van der Waals surface area contributed by atoms with Crippen molar-refractivity contribution in [1.82, 2.24) is 9.97 Å². The number of hydrogen-bond acceptors (Lipinski definition) is 6. The Labute approximate surface area is 132 Å². The summed E-state index contributed by atoms with van der Waals surface area (Å²) in [5.41, 5.74) is 0.436. The third kappa shape index (κ3) is 5.09. The van der Waals surface area contributed by atoms with Crippen molar-refractivity contribution in [3.05, 3.63) is 46.4 Å². The van der Waals surface area contributed by atoms with E-state index in [1.165, 1.54) is 17.8 Å². The van der Waals surface area contributed by atoms with Gasteiger partial charge in [0.15, 0.2) is 5.16 Å². The zero-order valence-electron chi connectivity index (χ0n) is 12.5. The first kappa shape index (κ1) is 16.4. The van der Waals surface area contributed by atoms with Gasteiger partial charge < -0.3 is 19.2 Å². The van der Waals surface area contributed by atoms with Gasteiger partial charge in [-0.05, 0) is 24.3 Å². The van der Waals surface area contributed by atoms with Gasteiger partial charge in [0.05, 0.1) is 26.0 Å². The highest BCUT2D eigenvalue weighted by molar-refractivity contribution is 7.99. The maximum atomic E-state index is 11.5. The number of benzene rings is 1. The molecule has 0 aliphatic heterocycles. The number of nitrogens with zero attached hydrogens (tertiary/aromatic N) is 1. The van der Waals surface area contributed by atoms with Gasteiger partial charge in [0.2, 0.25) is 0 Å². The van der Waals surface area contributed by atoms with Crippen LogP contribution in [0.1, 0.15) is 5.69 Å². The molecular formula is C15H18N2O4S. The molecule has 2 rings (SSSR count). The number of ether oxygens (including phenoxy) is 3. The SMILES string of the molecule is COCc1cc(=O)[nH]c(SCCOc2ccc(OC)cc2)n1. The van der Waals surface area contributed by atoms with E-state index in [2.05, 4.69) is 9.97 Å². The zero-order chi connectivity index (χ0) is 15.8. The zero-order valence-corrected chi connectivity index (χ0v) is 13.3. The lowest BCUT2D eigenvalue weighted by molar-refractivity contribution is 0.180. The Morgan fingerprint density at radius 2 is 1.91 bits per heavy atom. The number of methoxy groups -OCH3 is 2. The summed E-state index contributed by atoms with van der Waals surface area (Å²) in [7, 11) is 3.19. The van der Waals surface area contributed by atoms with Crippen LogP contribution in [-0.2, 0) is 11.3 Å². The van der Waals surface area contributed by atoms with E-state index in [0.717, 1.165) is 11.5 Å². The van der Waals surface area contributed by atoms with Crippen LogP contribution in [0.4, 0.5) is 0 Å². The molecule has 1 N–H and O–H groups in total. The normalized spacial score (nSPS) is 10.5. The Morgan fingerprint density at radius 1 is 1.18 bits per heavy atom. The van der Waals surface area contributed by atoms with E-state index in [-0.39, 0.29) is 5.56 Å². The molecule has 0 amide bonds. The third-order valence-corrected chi connectivity index (χ3v) is 3.55. The van der Waals surface area contributed by atoms with Crippen LogP contribution in [0.5, 0.6) is 11.5 Å². The summed E-state index contributed by atoms with van der Waals surface area (Å²) < 4.78 is 15.7. The standard InChI is InChI=1S/C15H18N2O4S/c1-19-10-11-9-14(18)17-15(16-11)22-8-7-21-13-5-3-12(20-2)4-6-13/h3-6,9H,7-8,10H2,1-2H3,(H,16,17,18). The molecule has 0 aliphatic rings. The van der Waals surface area contributed by atoms with Crippen molar-refractivity contribution in [3.63, 3.8) is 0 Å². The van der Waals surface area contributed by atoms with Crippen molar-refractivity contribution in [2.24, 2.45) is 0 Å². The summed E-state index contributed by atoms with van der Waals surface area (Å²) in [4.78, 5) is 18.5. The minimum Gasteiger partial charge on any atom is -0.497 e. The minimum atomic E-state index is -0.180. The second kappa shape index (κ2) is 8.45. The van der Waals surface area contributed by atoms with E-state index in [1.807, 2.05) is 24.3 Å². The van der Waals surface area contributed by atoms with Gasteiger partial charge in [-0.15, -0.1) is 0 Å². The molecular weight excluding hydrogens is 304 g/mol. The van der Waals surface area contributed by atoms with Crippen LogP contribution >= 0.6 is 11.8 Å². The highest BCUT2D eigenvalue weighted by atomic mass is 32.2. The smallest absolute Gasteiger partial charge is 0.251 e. The molecule has 1 aromatic heterocycles. The quantitative estimate of drug-likeness (QED) is 0.456. The fourth-order valence-corrected chi connectivity index (χ4v) is 2.46. The van der Waals surface area contributed by atoms with Crippen LogP contribution in [-0.4, -0.2) is 36.5 Å². The molecule has 0 saturated carbocycles. The van der Waals surface area contributed by atoms with Gasteiger partial charge in [0, 0.05) is 18.9 Å². The fourth-order valence-electron chi connectivity index (χ4n) is 1.74.